The van der Waals surface area contributed by atoms with Crippen LogP contribution in [0.2, 0.25) is 0 Å². The Morgan fingerprint density at radius 3 is 2.34 bits per heavy atom. The third-order valence-corrected chi connectivity index (χ3v) is 8.61. The van der Waals surface area contributed by atoms with E-state index in [1.54, 1.807) is 4.90 Å². The zero-order chi connectivity index (χ0) is 27.6. The van der Waals surface area contributed by atoms with E-state index in [0.717, 1.165) is 70.9 Å². The molecule has 0 radical (unpaired) electrons. The number of aromatic carboxylic acids is 1. The first-order chi connectivity index (χ1) is 18.1. The van der Waals surface area contributed by atoms with E-state index in [1.165, 1.54) is 11.3 Å². The van der Waals surface area contributed by atoms with Gasteiger partial charge in [-0.1, -0.05) is 38.1 Å². The monoisotopic (exact) mass is 534 g/mol. The molecule has 0 aliphatic heterocycles. The number of carbonyl (C=O) groups excluding carboxylic acids is 1. The fourth-order valence-corrected chi connectivity index (χ4v) is 6.09. The van der Waals surface area contributed by atoms with Crippen LogP contribution in [0.4, 0.5) is 5.69 Å². The number of thiophene rings is 1. The number of benzene rings is 1. The maximum Gasteiger partial charge on any atom is 0.348 e. The van der Waals surface area contributed by atoms with Gasteiger partial charge in [-0.2, -0.15) is 0 Å². The number of carbonyl (C=O) groups is 2. The number of aryl methyl sites for hydroxylation is 1. The molecule has 3 N–H and O–H groups in total. The van der Waals surface area contributed by atoms with Gasteiger partial charge in [0.1, 0.15) is 16.4 Å². The van der Waals surface area contributed by atoms with Crippen molar-refractivity contribution < 1.29 is 19.1 Å². The maximum absolute atomic E-state index is 13.6. The number of hydrogen-bond acceptors (Lipinski definition) is 5. The predicted octanol–water partition coefficient (Wildman–Crippen LogP) is 7.96. The van der Waals surface area contributed by atoms with Gasteiger partial charge in [0.15, 0.2) is 0 Å². The van der Waals surface area contributed by atoms with Crippen LogP contribution < -0.4 is 10.6 Å². The minimum Gasteiger partial charge on any atom is -0.477 e. The van der Waals surface area contributed by atoms with E-state index < -0.39 is 5.97 Å². The maximum atomic E-state index is 13.6. The quantitative estimate of drug-likeness (QED) is 0.305. The van der Waals surface area contributed by atoms with Gasteiger partial charge < -0.3 is 20.2 Å². The molecule has 6 nitrogen and oxygen atoms in total. The number of amides is 1. The Morgan fingerprint density at radius 2 is 1.76 bits per heavy atom. The van der Waals surface area contributed by atoms with Crippen LogP contribution in [-0.2, 0) is 4.79 Å². The van der Waals surface area contributed by atoms with Crippen LogP contribution in [0.15, 0.2) is 46.5 Å². The summed E-state index contributed by atoms with van der Waals surface area (Å²) in [4.78, 5) is 28.6. The van der Waals surface area contributed by atoms with Crippen molar-refractivity contribution >= 4 is 35.0 Å². The molecule has 1 aliphatic rings. The molecule has 0 atom stereocenters. The van der Waals surface area contributed by atoms with Crippen LogP contribution in [0.25, 0.3) is 27.8 Å². The number of carboxylic acids is 1. The minimum absolute atomic E-state index is 0.0378. The predicted molar refractivity (Wildman–Crippen MR) is 155 cm³/mol. The van der Waals surface area contributed by atoms with Gasteiger partial charge >= 0.3 is 5.97 Å². The standard InChI is InChI=1S/C31H38N2O4S/c1-6-25(32)15-24-16-27(37-20(24)5)21-11-13-22(14-12-21)28-17-26(29(38-28)31(35)36)33(18(2)3)30(34)23-9-7-19(4)8-10-23/h11-19,23H,6-10,32H2,1-5H3,(H,35,36)/b25-15+. The molecule has 38 heavy (non-hydrogen) atoms. The van der Waals surface area contributed by atoms with Crippen molar-refractivity contribution in [3.8, 4) is 21.8 Å². The van der Waals surface area contributed by atoms with Crippen LogP contribution in [0, 0.1) is 18.8 Å². The van der Waals surface area contributed by atoms with Gasteiger partial charge in [0.05, 0.1) is 5.69 Å². The lowest BCUT2D eigenvalue weighted by Crippen LogP contribution is -2.42. The van der Waals surface area contributed by atoms with Gasteiger partial charge in [0.25, 0.3) is 0 Å². The molecule has 202 valence electrons. The molecule has 1 aromatic carbocycles. The van der Waals surface area contributed by atoms with Gasteiger partial charge in [0.2, 0.25) is 5.91 Å². The van der Waals surface area contributed by atoms with Gasteiger partial charge in [-0.15, -0.1) is 11.3 Å². The van der Waals surface area contributed by atoms with Crippen molar-refractivity contribution in [3.63, 3.8) is 0 Å². The molecule has 0 bridgehead atoms. The second kappa shape index (κ2) is 11.6. The Morgan fingerprint density at radius 1 is 1.13 bits per heavy atom. The molecule has 0 saturated heterocycles. The lowest BCUT2D eigenvalue weighted by atomic mass is 9.82. The SMILES string of the molecule is CC/C(N)=C\c1cc(-c2ccc(-c3cc(N(C(=O)C4CCC(C)CC4)C(C)C)c(C(=O)O)s3)cc2)oc1C. The molecule has 1 fully saturated rings. The number of carboxylic acid groups (broad SMARTS) is 1. The lowest BCUT2D eigenvalue weighted by Gasteiger charge is -2.33. The number of nitrogens with two attached hydrogens (primary N) is 1. The number of hydrogen-bond donors (Lipinski definition) is 2. The summed E-state index contributed by atoms with van der Waals surface area (Å²) in [6, 6.07) is 11.6. The van der Waals surface area contributed by atoms with Crippen molar-refractivity contribution in [2.75, 3.05) is 4.90 Å². The van der Waals surface area contributed by atoms with Crippen LogP contribution >= 0.6 is 11.3 Å². The van der Waals surface area contributed by atoms with E-state index in [-0.39, 0.29) is 22.7 Å². The van der Waals surface area contributed by atoms with Crippen molar-refractivity contribution in [3.05, 3.63) is 58.3 Å². The fraction of sp³-hybridized carbons (Fsp3) is 0.419. The molecular weight excluding hydrogens is 496 g/mol. The highest BCUT2D eigenvalue weighted by atomic mass is 32.1. The Kier molecular flexibility index (Phi) is 8.46. The normalized spacial score (nSPS) is 18.1. The molecule has 1 saturated carbocycles. The van der Waals surface area contributed by atoms with Crippen molar-refractivity contribution in [1.82, 2.24) is 0 Å². The summed E-state index contributed by atoms with van der Waals surface area (Å²) in [5, 5.41) is 10.0. The zero-order valence-corrected chi connectivity index (χ0v) is 23.7. The third kappa shape index (κ3) is 5.88. The highest BCUT2D eigenvalue weighted by molar-refractivity contribution is 7.18. The Bertz CT molecular complexity index is 1320. The molecule has 1 amide bonds. The topological polar surface area (TPSA) is 96.8 Å². The average molecular weight is 535 g/mol. The average Bonchev–Trinajstić information content (AvgIpc) is 3.48. The molecule has 2 aromatic heterocycles. The second-order valence-corrected chi connectivity index (χ2v) is 11.7. The molecule has 2 heterocycles. The van der Waals surface area contributed by atoms with E-state index in [0.29, 0.717) is 11.6 Å². The summed E-state index contributed by atoms with van der Waals surface area (Å²) in [7, 11) is 0. The first-order valence-electron chi connectivity index (χ1n) is 13.5. The highest BCUT2D eigenvalue weighted by Gasteiger charge is 2.33. The lowest BCUT2D eigenvalue weighted by molar-refractivity contribution is -0.123. The van der Waals surface area contributed by atoms with Crippen LogP contribution in [-0.4, -0.2) is 23.0 Å². The Labute approximate surface area is 229 Å². The third-order valence-electron chi connectivity index (χ3n) is 7.44. The number of anilines is 1. The minimum atomic E-state index is -1.01. The van der Waals surface area contributed by atoms with Crippen LogP contribution in [0.3, 0.4) is 0 Å². The van der Waals surface area contributed by atoms with E-state index in [4.69, 9.17) is 10.2 Å². The van der Waals surface area contributed by atoms with Crippen LogP contribution in [0.5, 0.6) is 0 Å². The van der Waals surface area contributed by atoms with E-state index in [1.807, 2.05) is 70.2 Å². The highest BCUT2D eigenvalue weighted by Crippen LogP contribution is 2.40. The van der Waals surface area contributed by atoms with Gasteiger partial charge in [-0.05, 0) is 82.6 Å². The number of nitrogens with zero attached hydrogens (tertiary/aromatic N) is 1. The molecule has 7 heteroatoms. The van der Waals surface area contributed by atoms with Crippen LogP contribution in [0.1, 0.15) is 80.8 Å². The van der Waals surface area contributed by atoms with E-state index in [9.17, 15) is 14.7 Å². The first-order valence-corrected chi connectivity index (χ1v) is 14.3. The number of allylic oxidation sites excluding steroid dienone is 1. The van der Waals surface area contributed by atoms with Gasteiger partial charge in [0, 0.05) is 33.7 Å². The Balaban J connectivity index is 1.64. The van der Waals surface area contributed by atoms with Crippen molar-refractivity contribution in [2.24, 2.45) is 17.6 Å². The summed E-state index contributed by atoms with van der Waals surface area (Å²) in [6.07, 6.45) is 6.50. The summed E-state index contributed by atoms with van der Waals surface area (Å²) >= 11 is 1.21. The Hall–Kier alpha value is -3.32. The van der Waals surface area contributed by atoms with E-state index >= 15 is 0 Å². The number of furan rings is 1. The largest absolute Gasteiger partial charge is 0.477 e. The van der Waals surface area contributed by atoms with E-state index in [2.05, 4.69) is 6.92 Å². The fourth-order valence-electron chi connectivity index (χ4n) is 5.09. The molecule has 1 aliphatic carbocycles. The zero-order valence-electron chi connectivity index (χ0n) is 22.9. The first kappa shape index (κ1) is 27.7. The summed E-state index contributed by atoms with van der Waals surface area (Å²) in [5.74, 6) is 1.17. The second-order valence-electron chi connectivity index (χ2n) is 10.7. The summed E-state index contributed by atoms with van der Waals surface area (Å²) in [5.41, 5.74) is 10.1. The van der Waals surface area contributed by atoms with Crippen molar-refractivity contribution in [1.29, 1.82) is 0 Å². The van der Waals surface area contributed by atoms with Gasteiger partial charge in [-0.3, -0.25) is 4.79 Å². The van der Waals surface area contributed by atoms with Crippen molar-refractivity contribution in [2.45, 2.75) is 72.8 Å². The number of rotatable bonds is 8. The molecule has 4 rings (SSSR count). The molecule has 0 spiro atoms. The molecule has 3 aromatic rings. The summed E-state index contributed by atoms with van der Waals surface area (Å²) < 4.78 is 5.98. The van der Waals surface area contributed by atoms with Gasteiger partial charge in [-0.25, -0.2) is 4.79 Å². The smallest absolute Gasteiger partial charge is 0.348 e. The molecular formula is C31H38N2O4S. The summed E-state index contributed by atoms with van der Waals surface area (Å²) in [6.45, 7) is 10.1. The molecule has 0 unspecified atom stereocenters.